The van der Waals surface area contributed by atoms with Crippen molar-refractivity contribution in [3.63, 3.8) is 0 Å². The molecule has 2 unspecified atom stereocenters. The zero-order valence-corrected chi connectivity index (χ0v) is 14.5. The van der Waals surface area contributed by atoms with Gasteiger partial charge in [0.05, 0.1) is 19.3 Å². The Kier molecular flexibility index (Phi) is 5.26. The van der Waals surface area contributed by atoms with E-state index in [9.17, 15) is 0 Å². The minimum absolute atomic E-state index is 0.0783. The maximum absolute atomic E-state index is 6.14. The highest BCUT2D eigenvalue weighted by Gasteiger charge is 2.56. The summed E-state index contributed by atoms with van der Waals surface area (Å²) in [5.41, 5.74) is 7.09. The Morgan fingerprint density at radius 3 is 2.92 bits per heavy atom. The van der Waals surface area contributed by atoms with Gasteiger partial charge in [0.15, 0.2) is 5.96 Å². The van der Waals surface area contributed by atoms with E-state index in [2.05, 4.69) is 5.32 Å². The lowest BCUT2D eigenvalue weighted by Gasteiger charge is -2.55. The van der Waals surface area contributed by atoms with Crippen molar-refractivity contribution in [2.24, 2.45) is 16.1 Å². The first-order chi connectivity index (χ1) is 11.7. The van der Waals surface area contributed by atoms with Gasteiger partial charge < -0.3 is 25.3 Å². The fraction of sp³-hybridized carbons (Fsp3) is 0.611. The van der Waals surface area contributed by atoms with Gasteiger partial charge in [0.1, 0.15) is 5.75 Å². The van der Waals surface area contributed by atoms with Gasteiger partial charge in [-0.15, -0.1) is 0 Å². The number of aliphatic imine (C=N–C) groups is 1. The highest BCUT2D eigenvalue weighted by molar-refractivity contribution is 5.92. The molecule has 0 aromatic heterocycles. The number of ether oxygens (including phenoxy) is 3. The Morgan fingerprint density at radius 2 is 2.21 bits per heavy atom. The zero-order chi connectivity index (χ0) is 17.0. The number of nitrogens with zero attached hydrogens (tertiary/aromatic N) is 1. The predicted molar refractivity (Wildman–Crippen MR) is 94.5 cm³/mol. The fourth-order valence-electron chi connectivity index (χ4n) is 3.80. The molecule has 3 N–H and O–H groups in total. The van der Waals surface area contributed by atoms with Crippen LogP contribution in [0.15, 0.2) is 29.3 Å². The largest absolute Gasteiger partial charge is 0.497 e. The van der Waals surface area contributed by atoms with Crippen molar-refractivity contribution < 1.29 is 14.2 Å². The lowest BCUT2D eigenvalue weighted by molar-refractivity contribution is -0.163. The number of nitrogens with two attached hydrogens (primary N) is 1. The van der Waals surface area contributed by atoms with Crippen molar-refractivity contribution in [1.82, 2.24) is 0 Å². The van der Waals surface area contributed by atoms with Crippen LogP contribution in [-0.2, 0) is 9.47 Å². The van der Waals surface area contributed by atoms with Crippen LogP contribution in [0.3, 0.4) is 0 Å². The van der Waals surface area contributed by atoms with Gasteiger partial charge in [0.25, 0.3) is 0 Å². The summed E-state index contributed by atoms with van der Waals surface area (Å²) in [6.45, 7) is 4.33. The summed E-state index contributed by atoms with van der Waals surface area (Å²) in [5.74, 6) is 1.22. The number of hydrogen-bond acceptors (Lipinski definition) is 4. The van der Waals surface area contributed by atoms with Crippen LogP contribution in [-0.4, -0.2) is 45.0 Å². The van der Waals surface area contributed by atoms with Gasteiger partial charge in [-0.1, -0.05) is 6.07 Å². The van der Waals surface area contributed by atoms with Gasteiger partial charge in [0.2, 0.25) is 0 Å². The van der Waals surface area contributed by atoms with E-state index in [1.807, 2.05) is 31.2 Å². The van der Waals surface area contributed by atoms with E-state index >= 15 is 0 Å². The summed E-state index contributed by atoms with van der Waals surface area (Å²) in [6.07, 6.45) is 3.16. The van der Waals surface area contributed by atoms with E-state index in [0.717, 1.165) is 50.5 Å². The van der Waals surface area contributed by atoms with Gasteiger partial charge in [-0.3, -0.25) is 0 Å². The molecule has 1 aromatic carbocycles. The van der Waals surface area contributed by atoms with E-state index in [-0.39, 0.29) is 17.6 Å². The smallest absolute Gasteiger partial charge is 0.193 e. The lowest BCUT2D eigenvalue weighted by atomic mass is 9.58. The number of guanidine groups is 1. The monoisotopic (exact) mass is 333 g/mol. The van der Waals surface area contributed by atoms with Crippen LogP contribution in [0.2, 0.25) is 0 Å². The van der Waals surface area contributed by atoms with Crippen molar-refractivity contribution in [2.75, 3.05) is 32.2 Å². The molecule has 1 spiro atoms. The summed E-state index contributed by atoms with van der Waals surface area (Å²) >= 11 is 0. The molecular weight excluding hydrogens is 306 g/mol. The van der Waals surface area contributed by atoms with Crippen LogP contribution in [0.4, 0.5) is 5.69 Å². The molecule has 132 valence electrons. The molecule has 0 amide bonds. The highest BCUT2D eigenvalue weighted by atomic mass is 16.5. The molecule has 2 aliphatic rings. The predicted octanol–water partition coefficient (Wildman–Crippen LogP) is 2.40. The van der Waals surface area contributed by atoms with E-state index in [4.69, 9.17) is 24.9 Å². The first kappa shape index (κ1) is 17.0. The maximum atomic E-state index is 6.14. The number of rotatable bonds is 5. The molecule has 1 heterocycles. The number of methoxy groups -OCH3 is 1. The van der Waals surface area contributed by atoms with Crippen molar-refractivity contribution in [2.45, 2.75) is 38.3 Å². The molecule has 1 aliphatic heterocycles. The van der Waals surface area contributed by atoms with Gasteiger partial charge in [0, 0.05) is 37.0 Å². The Bertz CT molecular complexity index is 585. The summed E-state index contributed by atoms with van der Waals surface area (Å²) < 4.78 is 16.7. The average molecular weight is 333 g/mol. The average Bonchev–Trinajstić information content (AvgIpc) is 2.61. The Balaban J connectivity index is 1.69. The molecule has 6 nitrogen and oxygen atoms in total. The highest BCUT2D eigenvalue weighted by Crippen LogP contribution is 2.52. The molecule has 1 aliphatic carbocycles. The molecule has 0 bridgehead atoms. The third-order valence-corrected chi connectivity index (χ3v) is 5.17. The molecule has 3 rings (SSSR count). The molecule has 6 heteroatoms. The van der Waals surface area contributed by atoms with E-state index < -0.39 is 0 Å². The minimum atomic E-state index is 0.0783. The molecule has 1 saturated heterocycles. The number of benzene rings is 1. The second-order valence-electron chi connectivity index (χ2n) is 6.41. The maximum Gasteiger partial charge on any atom is 0.193 e. The normalized spacial score (nSPS) is 26.0. The van der Waals surface area contributed by atoms with Crippen molar-refractivity contribution in [3.05, 3.63) is 24.3 Å². The SMILES string of the molecule is CCOC1CC(N=C(N)Nc2cccc(OC)c2)C12CCOCC2. The van der Waals surface area contributed by atoms with Gasteiger partial charge >= 0.3 is 0 Å². The van der Waals surface area contributed by atoms with Crippen molar-refractivity contribution in [1.29, 1.82) is 0 Å². The van der Waals surface area contributed by atoms with Crippen LogP contribution in [0.1, 0.15) is 26.2 Å². The molecular formula is C18H27N3O3. The molecule has 1 saturated carbocycles. The summed E-state index contributed by atoms with van der Waals surface area (Å²) in [6, 6.07) is 7.85. The molecule has 24 heavy (non-hydrogen) atoms. The zero-order valence-electron chi connectivity index (χ0n) is 14.5. The molecule has 0 radical (unpaired) electrons. The van der Waals surface area contributed by atoms with Crippen LogP contribution >= 0.6 is 0 Å². The number of hydrogen-bond donors (Lipinski definition) is 2. The summed E-state index contributed by atoms with van der Waals surface area (Å²) in [5, 5.41) is 3.16. The van der Waals surface area contributed by atoms with Crippen LogP contribution in [0.25, 0.3) is 0 Å². The Hall–Kier alpha value is -1.79. The summed E-state index contributed by atoms with van der Waals surface area (Å²) in [7, 11) is 1.65. The van der Waals surface area contributed by atoms with Gasteiger partial charge in [-0.2, -0.15) is 0 Å². The van der Waals surface area contributed by atoms with Crippen LogP contribution in [0.5, 0.6) is 5.75 Å². The Labute approximate surface area is 143 Å². The molecule has 1 aromatic rings. The lowest BCUT2D eigenvalue weighted by Crippen LogP contribution is -2.60. The summed E-state index contributed by atoms with van der Waals surface area (Å²) in [4.78, 5) is 4.75. The number of anilines is 1. The third-order valence-electron chi connectivity index (χ3n) is 5.17. The van der Waals surface area contributed by atoms with Crippen molar-refractivity contribution in [3.8, 4) is 5.75 Å². The van der Waals surface area contributed by atoms with Gasteiger partial charge in [-0.05, 0) is 38.3 Å². The van der Waals surface area contributed by atoms with E-state index in [0.29, 0.717) is 5.96 Å². The van der Waals surface area contributed by atoms with Crippen LogP contribution in [0, 0.1) is 5.41 Å². The van der Waals surface area contributed by atoms with Gasteiger partial charge in [-0.25, -0.2) is 4.99 Å². The van der Waals surface area contributed by atoms with E-state index in [1.165, 1.54) is 0 Å². The molecule has 2 fully saturated rings. The standard InChI is InChI=1S/C18H27N3O3/c1-3-24-16-12-15(18(16)7-9-23-10-8-18)21-17(19)20-13-5-4-6-14(11-13)22-2/h4-6,11,15-16H,3,7-10,12H2,1-2H3,(H3,19,20,21). The quantitative estimate of drug-likeness (QED) is 0.639. The third kappa shape index (κ3) is 3.35. The first-order valence-corrected chi connectivity index (χ1v) is 8.61. The Morgan fingerprint density at radius 1 is 1.42 bits per heavy atom. The first-order valence-electron chi connectivity index (χ1n) is 8.61. The minimum Gasteiger partial charge on any atom is -0.497 e. The second kappa shape index (κ2) is 7.40. The van der Waals surface area contributed by atoms with Crippen LogP contribution < -0.4 is 15.8 Å². The van der Waals surface area contributed by atoms with Crippen molar-refractivity contribution >= 4 is 11.6 Å². The second-order valence-corrected chi connectivity index (χ2v) is 6.41. The fourth-order valence-corrected chi connectivity index (χ4v) is 3.80. The number of nitrogens with one attached hydrogen (secondary N) is 1. The molecule has 2 atom stereocenters. The topological polar surface area (TPSA) is 78.1 Å². The van der Waals surface area contributed by atoms with E-state index in [1.54, 1.807) is 7.11 Å².